The van der Waals surface area contributed by atoms with Crippen molar-refractivity contribution in [3.63, 3.8) is 0 Å². The van der Waals surface area contributed by atoms with Crippen LogP contribution in [0.3, 0.4) is 0 Å². The molecule has 0 bridgehead atoms. The van der Waals surface area contributed by atoms with Gasteiger partial charge in [-0.25, -0.2) is 0 Å². The van der Waals surface area contributed by atoms with E-state index in [4.69, 9.17) is 18.9 Å². The molecule has 3 aromatic rings. The van der Waals surface area contributed by atoms with E-state index in [1.807, 2.05) is 31.2 Å². The van der Waals surface area contributed by atoms with Crippen LogP contribution in [0.4, 0.5) is 0 Å². The molecule has 3 aromatic carbocycles. The molecule has 170 valence electrons. The van der Waals surface area contributed by atoms with E-state index >= 15 is 0 Å². The van der Waals surface area contributed by atoms with Gasteiger partial charge in [0.15, 0.2) is 23.0 Å². The molecular weight excluding hydrogens is 408 g/mol. The number of phenolic OH excluding ortho intramolecular Hbond substituents is 2. The summed E-state index contributed by atoms with van der Waals surface area (Å²) in [7, 11) is 3.14. The van der Waals surface area contributed by atoms with Crippen LogP contribution in [0.2, 0.25) is 0 Å². The lowest BCUT2D eigenvalue weighted by Gasteiger charge is -2.19. The largest absolute Gasteiger partial charge is 0.508 e. The second kappa shape index (κ2) is 10.7. The Morgan fingerprint density at radius 3 is 2.06 bits per heavy atom. The van der Waals surface area contributed by atoms with Crippen molar-refractivity contribution in [3.05, 3.63) is 48.5 Å². The predicted molar refractivity (Wildman–Crippen MR) is 125 cm³/mol. The lowest BCUT2D eigenvalue weighted by Crippen LogP contribution is -2.00. The van der Waals surface area contributed by atoms with E-state index in [1.54, 1.807) is 38.5 Å². The van der Waals surface area contributed by atoms with Crippen molar-refractivity contribution >= 4 is 0 Å². The number of aromatic hydroxyl groups is 2. The van der Waals surface area contributed by atoms with E-state index in [0.29, 0.717) is 52.9 Å². The van der Waals surface area contributed by atoms with Gasteiger partial charge in [-0.15, -0.1) is 0 Å². The zero-order valence-corrected chi connectivity index (χ0v) is 19.0. The summed E-state index contributed by atoms with van der Waals surface area (Å²) in [6.45, 7) is 4.94. The smallest absolute Gasteiger partial charge is 0.170 e. The van der Waals surface area contributed by atoms with E-state index < -0.39 is 0 Å². The number of benzene rings is 3. The van der Waals surface area contributed by atoms with Gasteiger partial charge in [-0.05, 0) is 54.8 Å². The average Bonchev–Trinajstić information content (AvgIpc) is 2.81. The Morgan fingerprint density at radius 2 is 1.44 bits per heavy atom. The van der Waals surface area contributed by atoms with E-state index in [2.05, 4.69) is 6.92 Å². The topological polar surface area (TPSA) is 77.4 Å². The minimum absolute atomic E-state index is 0.0315. The maximum absolute atomic E-state index is 11.3. The zero-order valence-electron chi connectivity index (χ0n) is 19.0. The SMILES string of the molecule is CCCCOc1ccc(-c2c(OC)cc(-c3ccc(O)cc3)c(OCC)c2O)cc1OC. The molecule has 0 unspecified atom stereocenters. The molecule has 3 rings (SSSR count). The van der Waals surface area contributed by atoms with Gasteiger partial charge in [-0.2, -0.15) is 0 Å². The molecule has 0 radical (unpaired) electrons. The second-order valence-corrected chi connectivity index (χ2v) is 7.23. The minimum Gasteiger partial charge on any atom is -0.508 e. The summed E-state index contributed by atoms with van der Waals surface area (Å²) in [5.41, 5.74) is 2.65. The number of hydrogen-bond acceptors (Lipinski definition) is 6. The van der Waals surface area contributed by atoms with Gasteiger partial charge >= 0.3 is 0 Å². The molecule has 0 aliphatic rings. The van der Waals surface area contributed by atoms with Gasteiger partial charge in [-0.3, -0.25) is 0 Å². The van der Waals surface area contributed by atoms with Crippen LogP contribution in [0.25, 0.3) is 22.3 Å². The summed E-state index contributed by atoms with van der Waals surface area (Å²) < 4.78 is 22.8. The van der Waals surface area contributed by atoms with Crippen molar-refractivity contribution in [3.8, 4) is 56.8 Å². The first-order chi connectivity index (χ1) is 15.5. The molecule has 0 fully saturated rings. The van der Waals surface area contributed by atoms with Crippen molar-refractivity contribution in [1.82, 2.24) is 0 Å². The molecule has 0 atom stereocenters. The summed E-state index contributed by atoms with van der Waals surface area (Å²) in [5.74, 6) is 2.17. The molecular formula is C26H30O6. The lowest BCUT2D eigenvalue weighted by atomic mass is 9.96. The molecule has 0 saturated carbocycles. The van der Waals surface area contributed by atoms with E-state index in [1.165, 1.54) is 0 Å². The second-order valence-electron chi connectivity index (χ2n) is 7.23. The van der Waals surface area contributed by atoms with Crippen LogP contribution >= 0.6 is 0 Å². The molecule has 0 heterocycles. The number of hydrogen-bond donors (Lipinski definition) is 2. The number of rotatable bonds is 10. The highest BCUT2D eigenvalue weighted by molar-refractivity contribution is 5.88. The predicted octanol–water partition coefficient (Wildman–Crippen LogP) is 6.03. The highest BCUT2D eigenvalue weighted by Gasteiger charge is 2.23. The highest BCUT2D eigenvalue weighted by atomic mass is 16.5. The number of unbranched alkanes of at least 4 members (excludes halogenated alkanes) is 1. The van der Waals surface area contributed by atoms with E-state index in [0.717, 1.165) is 18.4 Å². The molecule has 0 spiro atoms. The van der Waals surface area contributed by atoms with Crippen molar-refractivity contribution in [2.75, 3.05) is 27.4 Å². The Bertz CT molecular complexity index is 1040. The van der Waals surface area contributed by atoms with E-state index in [-0.39, 0.29) is 11.5 Å². The first-order valence-corrected chi connectivity index (χ1v) is 10.7. The number of methoxy groups -OCH3 is 2. The van der Waals surface area contributed by atoms with Crippen LogP contribution < -0.4 is 18.9 Å². The van der Waals surface area contributed by atoms with Crippen LogP contribution in [-0.2, 0) is 0 Å². The molecule has 32 heavy (non-hydrogen) atoms. The van der Waals surface area contributed by atoms with Gasteiger partial charge in [0.1, 0.15) is 11.5 Å². The average molecular weight is 439 g/mol. The van der Waals surface area contributed by atoms with Crippen molar-refractivity contribution in [2.24, 2.45) is 0 Å². The molecule has 2 N–H and O–H groups in total. The summed E-state index contributed by atoms with van der Waals surface area (Å²) in [6, 6.07) is 14.0. The van der Waals surface area contributed by atoms with Gasteiger partial charge in [0, 0.05) is 5.56 Å². The van der Waals surface area contributed by atoms with Gasteiger partial charge in [-0.1, -0.05) is 31.5 Å². The third kappa shape index (κ3) is 4.85. The van der Waals surface area contributed by atoms with Crippen LogP contribution in [0.5, 0.6) is 34.5 Å². The Balaban J connectivity index is 2.14. The molecule has 0 aromatic heterocycles. The molecule has 0 saturated heterocycles. The number of phenols is 2. The van der Waals surface area contributed by atoms with Gasteiger partial charge in [0.25, 0.3) is 0 Å². The first kappa shape index (κ1) is 23.1. The molecule has 6 nitrogen and oxygen atoms in total. The maximum atomic E-state index is 11.3. The molecule has 0 amide bonds. The summed E-state index contributed by atoms with van der Waals surface area (Å²) in [5, 5.41) is 20.9. The zero-order chi connectivity index (χ0) is 23.1. The highest BCUT2D eigenvalue weighted by Crippen LogP contribution is 2.50. The third-order valence-corrected chi connectivity index (χ3v) is 5.11. The molecule has 0 aliphatic heterocycles. The third-order valence-electron chi connectivity index (χ3n) is 5.11. The molecule has 6 heteroatoms. The van der Waals surface area contributed by atoms with Crippen molar-refractivity contribution in [2.45, 2.75) is 26.7 Å². The molecule has 0 aliphatic carbocycles. The fraction of sp³-hybridized carbons (Fsp3) is 0.308. The quantitative estimate of drug-likeness (QED) is 0.377. The van der Waals surface area contributed by atoms with Gasteiger partial charge in [0.05, 0.1) is 33.0 Å². The Kier molecular flexibility index (Phi) is 7.71. The van der Waals surface area contributed by atoms with Gasteiger partial charge < -0.3 is 29.2 Å². The minimum atomic E-state index is -0.0315. The summed E-state index contributed by atoms with van der Waals surface area (Å²) >= 11 is 0. The van der Waals surface area contributed by atoms with Crippen LogP contribution in [0.15, 0.2) is 48.5 Å². The normalized spacial score (nSPS) is 10.6. The maximum Gasteiger partial charge on any atom is 0.170 e. The Morgan fingerprint density at radius 1 is 0.750 bits per heavy atom. The standard InChI is InChI=1S/C26H30O6/c1-5-7-14-32-21-13-10-18(15-22(21)29-3)24-23(30-4)16-20(26(25(24)28)31-6-2)17-8-11-19(27)12-9-17/h8-13,15-16,27-28H,5-7,14H2,1-4H3. The monoisotopic (exact) mass is 438 g/mol. The number of ether oxygens (including phenoxy) is 4. The van der Waals surface area contributed by atoms with Gasteiger partial charge in [0.2, 0.25) is 0 Å². The van der Waals surface area contributed by atoms with E-state index in [9.17, 15) is 10.2 Å². The fourth-order valence-electron chi connectivity index (χ4n) is 3.48. The Hall–Kier alpha value is -3.54. The first-order valence-electron chi connectivity index (χ1n) is 10.7. The summed E-state index contributed by atoms with van der Waals surface area (Å²) in [6.07, 6.45) is 2.00. The van der Waals surface area contributed by atoms with Crippen molar-refractivity contribution in [1.29, 1.82) is 0 Å². The Labute approximate surface area is 189 Å². The van der Waals surface area contributed by atoms with Crippen LogP contribution in [0.1, 0.15) is 26.7 Å². The fourth-order valence-corrected chi connectivity index (χ4v) is 3.48. The lowest BCUT2D eigenvalue weighted by molar-refractivity contribution is 0.288. The summed E-state index contributed by atoms with van der Waals surface area (Å²) in [4.78, 5) is 0. The van der Waals surface area contributed by atoms with Crippen LogP contribution in [0, 0.1) is 0 Å². The van der Waals surface area contributed by atoms with Crippen LogP contribution in [-0.4, -0.2) is 37.6 Å². The van der Waals surface area contributed by atoms with Crippen molar-refractivity contribution < 1.29 is 29.2 Å².